The summed E-state index contributed by atoms with van der Waals surface area (Å²) in [4.78, 5) is 2.42. The van der Waals surface area contributed by atoms with Crippen molar-refractivity contribution in [3.05, 3.63) is 176 Å². The third-order valence-electron chi connectivity index (χ3n) is 9.79. The molecule has 9 aromatic carbocycles. The Morgan fingerprint density at radius 3 is 1.83 bits per heavy atom. The number of para-hydroxylation sites is 2. The zero-order valence-corrected chi connectivity index (χ0v) is 26.1. The predicted octanol–water partition coefficient (Wildman–Crippen LogP) is 13.3. The Bertz CT molecular complexity index is 2850. The number of anilines is 3. The molecule has 0 unspecified atom stereocenters. The van der Waals surface area contributed by atoms with Gasteiger partial charge in [0.05, 0.1) is 5.69 Å². The van der Waals surface area contributed by atoms with E-state index in [1.165, 1.54) is 54.2 Å². The van der Waals surface area contributed by atoms with E-state index in [0.29, 0.717) is 0 Å². The van der Waals surface area contributed by atoms with Gasteiger partial charge in [-0.3, -0.25) is 0 Å². The Morgan fingerprint density at radius 1 is 0.333 bits per heavy atom. The number of furan rings is 1. The van der Waals surface area contributed by atoms with E-state index in [1.807, 2.05) is 12.1 Å². The molecule has 0 aliphatic rings. The van der Waals surface area contributed by atoms with Crippen LogP contribution in [-0.2, 0) is 0 Å². The molecular formula is C46H29NO. The summed E-state index contributed by atoms with van der Waals surface area (Å²) in [5, 5.41) is 12.1. The summed E-state index contributed by atoms with van der Waals surface area (Å²) in [5.41, 5.74) is 7.56. The molecule has 0 aliphatic heterocycles. The van der Waals surface area contributed by atoms with Crippen molar-refractivity contribution in [2.24, 2.45) is 0 Å². The lowest BCUT2D eigenvalue weighted by Gasteiger charge is -2.28. The maximum absolute atomic E-state index is 6.26. The Balaban J connectivity index is 1.24. The van der Waals surface area contributed by atoms with Gasteiger partial charge in [-0.2, -0.15) is 0 Å². The summed E-state index contributed by atoms with van der Waals surface area (Å²) < 4.78 is 6.26. The quantitative estimate of drug-likeness (QED) is 0.184. The van der Waals surface area contributed by atoms with E-state index in [-0.39, 0.29) is 0 Å². The van der Waals surface area contributed by atoms with Crippen LogP contribution in [-0.4, -0.2) is 0 Å². The summed E-state index contributed by atoms with van der Waals surface area (Å²) in [6.07, 6.45) is 0. The van der Waals surface area contributed by atoms with Crippen LogP contribution in [0.4, 0.5) is 17.1 Å². The monoisotopic (exact) mass is 611 g/mol. The maximum atomic E-state index is 6.26. The van der Waals surface area contributed by atoms with Gasteiger partial charge >= 0.3 is 0 Å². The fourth-order valence-corrected chi connectivity index (χ4v) is 7.50. The molecule has 1 aromatic heterocycles. The van der Waals surface area contributed by atoms with E-state index >= 15 is 0 Å². The minimum absolute atomic E-state index is 0.917. The summed E-state index contributed by atoms with van der Waals surface area (Å²) in [6.45, 7) is 0. The van der Waals surface area contributed by atoms with Crippen LogP contribution in [0.15, 0.2) is 180 Å². The highest BCUT2D eigenvalue weighted by atomic mass is 16.3. The van der Waals surface area contributed by atoms with Crippen LogP contribution in [0.3, 0.4) is 0 Å². The van der Waals surface area contributed by atoms with Gasteiger partial charge in [0.25, 0.3) is 0 Å². The molecule has 2 heteroatoms. The van der Waals surface area contributed by atoms with Crippen molar-refractivity contribution in [1.82, 2.24) is 0 Å². The van der Waals surface area contributed by atoms with E-state index in [2.05, 4.69) is 169 Å². The van der Waals surface area contributed by atoms with Crippen LogP contribution in [0.5, 0.6) is 0 Å². The SMILES string of the molecule is c1ccc(-c2ccccc2N(c2ccc3c(ccc4ccccc43)c2)c2ccc3ccc4cc5oc6ccccc6c5cc4c3c2)cc1. The largest absolute Gasteiger partial charge is 0.456 e. The van der Waals surface area contributed by atoms with Gasteiger partial charge in [0.2, 0.25) is 0 Å². The minimum atomic E-state index is 0.917. The van der Waals surface area contributed by atoms with Gasteiger partial charge in [0.15, 0.2) is 0 Å². The molecule has 2 nitrogen and oxygen atoms in total. The Kier molecular flexibility index (Phi) is 5.91. The summed E-state index contributed by atoms with van der Waals surface area (Å²) in [6, 6.07) is 63.5. The standard InChI is InChI=1S/C46H29NO/c1-2-10-30(11-3-1)39-14-6-8-16-44(39)47(35-24-25-38-33(26-35)20-18-31-12-4-5-13-37(31)38)36-23-22-32-19-21-34-27-46-43(29-42(34)41(32)28-36)40-15-7-9-17-45(40)48-46/h1-29H. The smallest absolute Gasteiger partial charge is 0.136 e. The zero-order valence-electron chi connectivity index (χ0n) is 26.1. The van der Waals surface area contributed by atoms with Gasteiger partial charge in [-0.15, -0.1) is 0 Å². The average molecular weight is 612 g/mol. The third-order valence-corrected chi connectivity index (χ3v) is 9.79. The molecule has 0 fully saturated rings. The second-order valence-electron chi connectivity index (χ2n) is 12.5. The topological polar surface area (TPSA) is 16.4 Å². The first kappa shape index (κ1) is 26.8. The summed E-state index contributed by atoms with van der Waals surface area (Å²) >= 11 is 0. The first-order valence-corrected chi connectivity index (χ1v) is 16.4. The molecule has 0 N–H and O–H groups in total. The fourth-order valence-electron chi connectivity index (χ4n) is 7.50. The number of nitrogens with zero attached hydrogens (tertiary/aromatic N) is 1. The van der Waals surface area contributed by atoms with Crippen molar-refractivity contribution < 1.29 is 4.42 Å². The fraction of sp³-hybridized carbons (Fsp3) is 0. The predicted molar refractivity (Wildman–Crippen MR) is 204 cm³/mol. The molecule has 48 heavy (non-hydrogen) atoms. The third kappa shape index (κ3) is 4.20. The number of benzene rings is 9. The number of hydrogen-bond acceptors (Lipinski definition) is 2. The second kappa shape index (κ2) is 10.6. The van der Waals surface area contributed by atoms with Crippen molar-refractivity contribution in [1.29, 1.82) is 0 Å². The van der Waals surface area contributed by atoms with Crippen molar-refractivity contribution in [2.45, 2.75) is 0 Å². The Labute approximate surface area is 277 Å². The first-order valence-electron chi connectivity index (χ1n) is 16.4. The molecular weight excluding hydrogens is 583 g/mol. The normalized spacial score (nSPS) is 11.8. The van der Waals surface area contributed by atoms with E-state index in [9.17, 15) is 0 Å². The summed E-state index contributed by atoms with van der Waals surface area (Å²) in [5.74, 6) is 0. The Hall–Kier alpha value is -6.38. The van der Waals surface area contributed by atoms with Crippen molar-refractivity contribution >= 4 is 82.1 Å². The van der Waals surface area contributed by atoms with Gasteiger partial charge in [0, 0.05) is 27.7 Å². The second-order valence-corrected chi connectivity index (χ2v) is 12.5. The average Bonchev–Trinajstić information content (AvgIpc) is 3.52. The van der Waals surface area contributed by atoms with E-state index in [4.69, 9.17) is 4.42 Å². The molecule has 0 radical (unpaired) electrons. The lowest BCUT2D eigenvalue weighted by atomic mass is 9.97. The van der Waals surface area contributed by atoms with Crippen molar-refractivity contribution in [3.8, 4) is 11.1 Å². The molecule has 0 aliphatic carbocycles. The molecule has 1 heterocycles. The van der Waals surface area contributed by atoms with Crippen LogP contribution in [0.25, 0.3) is 76.2 Å². The molecule has 0 spiro atoms. The minimum Gasteiger partial charge on any atom is -0.456 e. The molecule has 0 amide bonds. The van der Waals surface area contributed by atoms with Crippen LogP contribution in [0.1, 0.15) is 0 Å². The lowest BCUT2D eigenvalue weighted by Crippen LogP contribution is -2.11. The van der Waals surface area contributed by atoms with E-state index in [1.54, 1.807) is 0 Å². The van der Waals surface area contributed by atoms with Crippen molar-refractivity contribution in [2.75, 3.05) is 4.90 Å². The number of rotatable bonds is 4. The van der Waals surface area contributed by atoms with Crippen LogP contribution >= 0.6 is 0 Å². The van der Waals surface area contributed by atoms with Crippen LogP contribution in [0.2, 0.25) is 0 Å². The van der Waals surface area contributed by atoms with Crippen molar-refractivity contribution in [3.63, 3.8) is 0 Å². The van der Waals surface area contributed by atoms with Gasteiger partial charge in [0.1, 0.15) is 11.2 Å². The van der Waals surface area contributed by atoms with Crippen LogP contribution in [0, 0.1) is 0 Å². The van der Waals surface area contributed by atoms with Gasteiger partial charge in [-0.05, 0) is 97.2 Å². The zero-order chi connectivity index (χ0) is 31.6. The van der Waals surface area contributed by atoms with Gasteiger partial charge in [-0.25, -0.2) is 0 Å². The Morgan fingerprint density at radius 2 is 0.938 bits per heavy atom. The lowest BCUT2D eigenvalue weighted by molar-refractivity contribution is 0.669. The molecule has 0 atom stereocenters. The first-order chi connectivity index (χ1) is 23.8. The molecule has 0 saturated carbocycles. The molecule has 10 rings (SSSR count). The van der Waals surface area contributed by atoms with Crippen LogP contribution < -0.4 is 4.90 Å². The number of fused-ring (bicyclic) bond motifs is 9. The highest BCUT2D eigenvalue weighted by Gasteiger charge is 2.19. The van der Waals surface area contributed by atoms with Gasteiger partial charge < -0.3 is 9.32 Å². The highest BCUT2D eigenvalue weighted by Crippen LogP contribution is 2.44. The van der Waals surface area contributed by atoms with E-state index < -0.39 is 0 Å². The molecule has 0 saturated heterocycles. The molecule has 224 valence electrons. The molecule has 10 aromatic rings. The highest BCUT2D eigenvalue weighted by molar-refractivity contribution is 6.17. The molecule has 0 bridgehead atoms. The van der Waals surface area contributed by atoms with Gasteiger partial charge in [-0.1, -0.05) is 127 Å². The maximum Gasteiger partial charge on any atom is 0.136 e. The summed E-state index contributed by atoms with van der Waals surface area (Å²) in [7, 11) is 0. The number of hydrogen-bond donors (Lipinski definition) is 0. The van der Waals surface area contributed by atoms with E-state index in [0.717, 1.165) is 39.0 Å².